The fourth-order valence-electron chi connectivity index (χ4n) is 3.00. The Kier molecular flexibility index (Phi) is 7.43. The van der Waals surface area contributed by atoms with Crippen molar-refractivity contribution < 1.29 is 24.1 Å². The van der Waals surface area contributed by atoms with Crippen molar-refractivity contribution in [2.24, 2.45) is 0 Å². The molecule has 0 aliphatic carbocycles. The standard InChI is InChI=1S/C24H27NO5S/c1-24(2,3)19-13-18(9-10-20(19)30-15-29-12-11-28-4)21-14-25-22(31-21)16-5-7-17(8-6-16)23(26)27/h5-10,13-14H,11-12,15H2,1-4H3,(H,26,27). The van der Waals surface area contributed by atoms with E-state index in [-0.39, 0.29) is 17.8 Å². The number of carbonyl (C=O) groups is 1. The van der Waals surface area contributed by atoms with E-state index in [2.05, 4.69) is 31.8 Å². The molecule has 0 atom stereocenters. The average Bonchev–Trinajstić information content (AvgIpc) is 3.23. The number of hydrogen-bond donors (Lipinski definition) is 1. The van der Waals surface area contributed by atoms with Crippen LogP contribution in [0.1, 0.15) is 36.7 Å². The molecule has 0 saturated heterocycles. The Bertz CT molecular complexity index is 1020. The highest BCUT2D eigenvalue weighted by Crippen LogP contribution is 2.38. The summed E-state index contributed by atoms with van der Waals surface area (Å²) < 4.78 is 16.3. The van der Waals surface area contributed by atoms with Gasteiger partial charge in [-0.3, -0.25) is 0 Å². The lowest BCUT2D eigenvalue weighted by atomic mass is 9.85. The monoisotopic (exact) mass is 441 g/mol. The van der Waals surface area contributed by atoms with Crippen molar-refractivity contribution in [2.75, 3.05) is 27.1 Å². The molecule has 164 valence electrons. The minimum atomic E-state index is -0.938. The molecule has 7 heteroatoms. The molecule has 0 aliphatic heterocycles. The van der Waals surface area contributed by atoms with E-state index in [1.807, 2.05) is 18.3 Å². The number of benzene rings is 2. The predicted octanol–water partition coefficient (Wildman–Crippen LogP) is 5.47. The number of aromatic nitrogens is 1. The molecule has 1 aromatic heterocycles. The van der Waals surface area contributed by atoms with Crippen LogP contribution >= 0.6 is 11.3 Å². The number of thiazole rings is 1. The first-order valence-electron chi connectivity index (χ1n) is 9.93. The Labute approximate surface area is 186 Å². The number of rotatable bonds is 9. The van der Waals surface area contributed by atoms with E-state index < -0.39 is 5.97 Å². The molecule has 0 radical (unpaired) electrons. The normalized spacial score (nSPS) is 11.5. The predicted molar refractivity (Wildman–Crippen MR) is 122 cm³/mol. The van der Waals surface area contributed by atoms with Crippen LogP contribution in [0.5, 0.6) is 5.75 Å². The van der Waals surface area contributed by atoms with Gasteiger partial charge in [-0.2, -0.15) is 0 Å². The molecule has 0 fully saturated rings. The SMILES string of the molecule is COCCOCOc1ccc(-c2cnc(-c3ccc(C(=O)O)cc3)s2)cc1C(C)(C)C. The lowest BCUT2D eigenvalue weighted by molar-refractivity contribution is -0.00917. The first kappa shape index (κ1) is 22.9. The van der Waals surface area contributed by atoms with Crippen molar-refractivity contribution in [1.82, 2.24) is 4.98 Å². The van der Waals surface area contributed by atoms with Crippen LogP contribution in [-0.4, -0.2) is 43.2 Å². The zero-order valence-electron chi connectivity index (χ0n) is 18.2. The highest BCUT2D eigenvalue weighted by atomic mass is 32.1. The maximum absolute atomic E-state index is 11.1. The van der Waals surface area contributed by atoms with Gasteiger partial charge in [-0.15, -0.1) is 11.3 Å². The molecule has 0 unspecified atom stereocenters. The van der Waals surface area contributed by atoms with E-state index in [1.54, 1.807) is 42.7 Å². The minimum Gasteiger partial charge on any atom is -0.478 e. The van der Waals surface area contributed by atoms with Gasteiger partial charge in [0.15, 0.2) is 6.79 Å². The van der Waals surface area contributed by atoms with Crippen molar-refractivity contribution in [1.29, 1.82) is 0 Å². The number of hydrogen-bond acceptors (Lipinski definition) is 6. The molecular weight excluding hydrogens is 414 g/mol. The molecular formula is C24H27NO5S. The summed E-state index contributed by atoms with van der Waals surface area (Å²) in [7, 11) is 1.64. The molecule has 3 aromatic rings. The van der Waals surface area contributed by atoms with Crippen LogP contribution in [-0.2, 0) is 14.9 Å². The van der Waals surface area contributed by atoms with Crippen molar-refractivity contribution >= 4 is 17.3 Å². The number of aromatic carboxylic acids is 1. The lowest BCUT2D eigenvalue weighted by Crippen LogP contribution is -2.15. The number of methoxy groups -OCH3 is 1. The summed E-state index contributed by atoms with van der Waals surface area (Å²) in [5.41, 5.74) is 3.19. The summed E-state index contributed by atoms with van der Waals surface area (Å²) in [6.45, 7) is 7.62. The highest BCUT2D eigenvalue weighted by molar-refractivity contribution is 7.18. The smallest absolute Gasteiger partial charge is 0.335 e. The molecule has 31 heavy (non-hydrogen) atoms. The second-order valence-electron chi connectivity index (χ2n) is 8.04. The fourth-order valence-corrected chi connectivity index (χ4v) is 3.92. The molecule has 0 saturated carbocycles. The Hall–Kier alpha value is -2.74. The van der Waals surface area contributed by atoms with E-state index >= 15 is 0 Å². The Morgan fingerprint density at radius 2 is 1.77 bits per heavy atom. The van der Waals surface area contributed by atoms with Crippen molar-refractivity contribution in [2.45, 2.75) is 26.2 Å². The highest BCUT2D eigenvalue weighted by Gasteiger charge is 2.21. The molecule has 1 heterocycles. The molecule has 0 amide bonds. The van der Waals surface area contributed by atoms with Crippen LogP contribution in [0.15, 0.2) is 48.7 Å². The van der Waals surface area contributed by atoms with Gasteiger partial charge < -0.3 is 19.3 Å². The van der Waals surface area contributed by atoms with E-state index in [1.165, 1.54) is 0 Å². The minimum absolute atomic E-state index is 0.113. The van der Waals surface area contributed by atoms with E-state index in [9.17, 15) is 4.79 Å². The van der Waals surface area contributed by atoms with Gasteiger partial charge in [0, 0.05) is 24.4 Å². The summed E-state index contributed by atoms with van der Waals surface area (Å²) in [5.74, 6) is -0.143. The second kappa shape index (κ2) is 10.0. The molecule has 0 aliphatic rings. The summed E-state index contributed by atoms with van der Waals surface area (Å²) in [5, 5.41) is 9.91. The average molecular weight is 442 g/mol. The van der Waals surface area contributed by atoms with Gasteiger partial charge in [0.25, 0.3) is 0 Å². The molecule has 0 bridgehead atoms. The summed E-state index contributed by atoms with van der Waals surface area (Å²) >= 11 is 1.57. The van der Waals surface area contributed by atoms with E-state index in [4.69, 9.17) is 19.3 Å². The van der Waals surface area contributed by atoms with Gasteiger partial charge in [0.05, 0.1) is 23.7 Å². The van der Waals surface area contributed by atoms with Crippen molar-refractivity contribution in [3.8, 4) is 26.8 Å². The maximum Gasteiger partial charge on any atom is 0.335 e. The summed E-state index contributed by atoms with van der Waals surface area (Å²) in [6.07, 6.45) is 1.85. The molecule has 1 N–H and O–H groups in total. The van der Waals surface area contributed by atoms with Crippen molar-refractivity contribution in [3.05, 3.63) is 59.8 Å². The van der Waals surface area contributed by atoms with Crippen LogP contribution < -0.4 is 4.74 Å². The largest absolute Gasteiger partial charge is 0.478 e. The number of carboxylic acid groups (broad SMARTS) is 1. The summed E-state index contributed by atoms with van der Waals surface area (Å²) in [6, 6.07) is 12.9. The fraction of sp³-hybridized carbons (Fsp3) is 0.333. The number of nitrogens with zero attached hydrogens (tertiary/aromatic N) is 1. The van der Waals surface area contributed by atoms with Gasteiger partial charge in [-0.25, -0.2) is 9.78 Å². The van der Waals surface area contributed by atoms with Crippen LogP contribution in [0, 0.1) is 0 Å². The lowest BCUT2D eigenvalue weighted by Gasteiger charge is -2.23. The number of carboxylic acids is 1. The zero-order chi connectivity index (χ0) is 22.4. The van der Waals surface area contributed by atoms with E-state index in [0.29, 0.717) is 13.2 Å². The van der Waals surface area contributed by atoms with Gasteiger partial charge >= 0.3 is 5.97 Å². The Balaban J connectivity index is 1.82. The van der Waals surface area contributed by atoms with Gasteiger partial charge in [-0.1, -0.05) is 32.9 Å². The quantitative estimate of drug-likeness (QED) is 0.350. The Morgan fingerprint density at radius 1 is 1.06 bits per heavy atom. The van der Waals surface area contributed by atoms with Crippen LogP contribution in [0.25, 0.3) is 21.0 Å². The third-order valence-electron chi connectivity index (χ3n) is 4.69. The third kappa shape index (κ3) is 5.91. The molecule has 2 aromatic carbocycles. The topological polar surface area (TPSA) is 77.9 Å². The number of ether oxygens (including phenoxy) is 3. The Morgan fingerprint density at radius 3 is 2.42 bits per heavy atom. The van der Waals surface area contributed by atoms with Crippen molar-refractivity contribution in [3.63, 3.8) is 0 Å². The zero-order valence-corrected chi connectivity index (χ0v) is 19.0. The molecule has 6 nitrogen and oxygen atoms in total. The van der Waals surface area contributed by atoms with Crippen LogP contribution in [0.2, 0.25) is 0 Å². The summed E-state index contributed by atoms with van der Waals surface area (Å²) in [4.78, 5) is 16.6. The molecule has 0 spiro atoms. The van der Waals surface area contributed by atoms with Gasteiger partial charge in [0.1, 0.15) is 10.8 Å². The maximum atomic E-state index is 11.1. The first-order valence-corrected chi connectivity index (χ1v) is 10.7. The van der Waals surface area contributed by atoms with Crippen LogP contribution in [0.4, 0.5) is 0 Å². The van der Waals surface area contributed by atoms with Gasteiger partial charge in [0.2, 0.25) is 0 Å². The second-order valence-corrected chi connectivity index (χ2v) is 9.07. The van der Waals surface area contributed by atoms with Crippen LogP contribution in [0.3, 0.4) is 0 Å². The molecule has 3 rings (SSSR count). The van der Waals surface area contributed by atoms with E-state index in [0.717, 1.165) is 32.3 Å². The van der Waals surface area contributed by atoms with Gasteiger partial charge in [-0.05, 0) is 41.3 Å². The first-order chi connectivity index (χ1) is 14.8. The third-order valence-corrected chi connectivity index (χ3v) is 5.78.